The molecule has 0 aliphatic rings. The average Bonchev–Trinajstić information content (AvgIpc) is 3.27. The van der Waals surface area contributed by atoms with Crippen LogP contribution in [0.4, 0.5) is 10.5 Å². The molecular formula is C31H38N4O6Si. The molecule has 4 rings (SSSR count). The molecule has 0 aliphatic heterocycles. The van der Waals surface area contributed by atoms with E-state index in [-0.39, 0.29) is 18.0 Å². The zero-order valence-corrected chi connectivity index (χ0v) is 26.1. The number of methoxy groups -OCH3 is 1. The van der Waals surface area contributed by atoms with Crippen molar-refractivity contribution in [2.45, 2.75) is 58.8 Å². The van der Waals surface area contributed by atoms with Gasteiger partial charge in [0.05, 0.1) is 18.4 Å². The number of rotatable bonds is 10. The van der Waals surface area contributed by atoms with Crippen LogP contribution in [0.2, 0.25) is 25.7 Å². The standard InChI is InChI=1S/C31H38N4O6Si/c1-31(2,3)41-30(38)33-25-13-12-20(16-23(25)29(36)37)21-17-24-27(22-10-8-9-11-26(22)39-4)34-35(28(24)32-18-21)19-40-14-15-42(5,6)7/h8-13,16-18H,14-15,19H2,1-7H3,(H,33,38)(H,36,37). The summed E-state index contributed by atoms with van der Waals surface area (Å²) in [5.41, 5.74) is 2.74. The fourth-order valence-corrected chi connectivity index (χ4v) is 5.06. The fraction of sp³-hybridized carbons (Fsp3) is 0.355. The number of carbonyl (C=O) groups excluding carboxylic acids is 1. The monoisotopic (exact) mass is 590 g/mol. The quantitative estimate of drug-likeness (QED) is 0.148. The van der Waals surface area contributed by atoms with Crippen molar-refractivity contribution in [2.75, 3.05) is 19.0 Å². The lowest BCUT2D eigenvalue weighted by molar-refractivity contribution is 0.0636. The van der Waals surface area contributed by atoms with Gasteiger partial charge in [0, 0.05) is 37.4 Å². The van der Waals surface area contributed by atoms with Crippen molar-refractivity contribution in [1.82, 2.24) is 14.8 Å². The highest BCUT2D eigenvalue weighted by Crippen LogP contribution is 2.36. The van der Waals surface area contributed by atoms with Crippen LogP contribution in [0, 0.1) is 0 Å². The molecule has 0 spiro atoms. The van der Waals surface area contributed by atoms with Crippen LogP contribution in [0.5, 0.6) is 5.75 Å². The van der Waals surface area contributed by atoms with E-state index in [1.54, 1.807) is 50.9 Å². The molecule has 2 N–H and O–H groups in total. The fourth-order valence-electron chi connectivity index (χ4n) is 4.30. The molecule has 10 nitrogen and oxygen atoms in total. The van der Waals surface area contributed by atoms with Gasteiger partial charge >= 0.3 is 12.1 Å². The van der Waals surface area contributed by atoms with Crippen molar-refractivity contribution in [3.63, 3.8) is 0 Å². The molecule has 42 heavy (non-hydrogen) atoms. The van der Waals surface area contributed by atoms with E-state index in [1.165, 1.54) is 6.07 Å². The summed E-state index contributed by atoms with van der Waals surface area (Å²) in [4.78, 5) is 29.2. The number of amides is 1. The molecule has 222 valence electrons. The number of aromatic carboxylic acids is 1. The smallest absolute Gasteiger partial charge is 0.412 e. The number of pyridine rings is 1. The maximum absolute atomic E-state index is 12.3. The number of benzene rings is 2. The lowest BCUT2D eigenvalue weighted by Crippen LogP contribution is -2.27. The number of hydrogen-bond acceptors (Lipinski definition) is 7. The minimum absolute atomic E-state index is 0.0742. The highest BCUT2D eigenvalue weighted by atomic mass is 28.3. The van der Waals surface area contributed by atoms with Crippen LogP contribution in [-0.4, -0.2) is 59.3 Å². The number of anilines is 1. The third-order valence-corrected chi connectivity index (χ3v) is 8.08. The van der Waals surface area contributed by atoms with E-state index >= 15 is 0 Å². The van der Waals surface area contributed by atoms with Gasteiger partial charge in [-0.25, -0.2) is 19.3 Å². The van der Waals surface area contributed by atoms with Crippen molar-refractivity contribution in [2.24, 2.45) is 0 Å². The Morgan fingerprint density at radius 3 is 2.45 bits per heavy atom. The number of carboxylic acids is 1. The maximum Gasteiger partial charge on any atom is 0.412 e. The molecule has 0 bridgehead atoms. The Bertz CT molecular complexity index is 1600. The second-order valence-electron chi connectivity index (χ2n) is 12.2. The number of carbonyl (C=O) groups is 2. The van der Waals surface area contributed by atoms with E-state index in [0.29, 0.717) is 34.8 Å². The summed E-state index contributed by atoms with van der Waals surface area (Å²) >= 11 is 0. The topological polar surface area (TPSA) is 125 Å². The normalized spacial score (nSPS) is 11.9. The van der Waals surface area contributed by atoms with E-state index < -0.39 is 25.7 Å². The van der Waals surface area contributed by atoms with Crippen LogP contribution < -0.4 is 10.1 Å². The first-order chi connectivity index (χ1) is 19.8. The van der Waals surface area contributed by atoms with Crippen molar-refractivity contribution in [1.29, 1.82) is 0 Å². The number of nitrogens with one attached hydrogen (secondary N) is 1. The summed E-state index contributed by atoms with van der Waals surface area (Å²) < 4.78 is 18.6. The van der Waals surface area contributed by atoms with Crippen molar-refractivity contribution < 1.29 is 28.9 Å². The number of fused-ring (bicyclic) bond motifs is 1. The van der Waals surface area contributed by atoms with Crippen LogP contribution in [0.15, 0.2) is 54.7 Å². The first-order valence-corrected chi connectivity index (χ1v) is 17.4. The van der Waals surface area contributed by atoms with Gasteiger partial charge in [-0.3, -0.25) is 5.32 Å². The van der Waals surface area contributed by atoms with E-state index in [2.05, 4.69) is 25.0 Å². The Morgan fingerprint density at radius 2 is 1.79 bits per heavy atom. The molecule has 4 aromatic rings. The molecule has 2 aromatic heterocycles. The number of nitrogens with zero attached hydrogens (tertiary/aromatic N) is 3. The first-order valence-electron chi connectivity index (χ1n) is 13.7. The molecule has 0 fully saturated rings. The molecule has 2 aromatic carbocycles. The lowest BCUT2D eigenvalue weighted by atomic mass is 10.0. The number of carboxylic acid groups (broad SMARTS) is 1. The third kappa shape index (κ3) is 7.54. The van der Waals surface area contributed by atoms with Gasteiger partial charge in [-0.15, -0.1) is 0 Å². The van der Waals surface area contributed by atoms with Crippen molar-refractivity contribution in [3.8, 4) is 28.1 Å². The zero-order valence-electron chi connectivity index (χ0n) is 25.1. The molecule has 0 atom stereocenters. The second kappa shape index (κ2) is 12.3. The van der Waals surface area contributed by atoms with Gasteiger partial charge in [-0.1, -0.05) is 37.8 Å². The summed E-state index contributed by atoms with van der Waals surface area (Å²) in [6.45, 7) is 13.0. The number of aromatic nitrogens is 3. The van der Waals surface area contributed by atoms with E-state index in [4.69, 9.17) is 24.3 Å². The van der Waals surface area contributed by atoms with Gasteiger partial charge in [0.1, 0.15) is 23.8 Å². The zero-order chi connectivity index (χ0) is 30.7. The number of hydrogen-bond donors (Lipinski definition) is 2. The SMILES string of the molecule is COc1ccccc1-c1nn(COCC[Si](C)(C)C)c2ncc(-c3ccc(NC(=O)OC(C)(C)C)c(C(=O)O)c3)cc12. The molecule has 0 unspecified atom stereocenters. The molecule has 11 heteroatoms. The summed E-state index contributed by atoms with van der Waals surface area (Å²) in [7, 11) is 0.363. The van der Waals surface area contributed by atoms with E-state index in [9.17, 15) is 14.7 Å². The number of ether oxygens (including phenoxy) is 3. The summed E-state index contributed by atoms with van der Waals surface area (Å²) in [6, 6.07) is 15.4. The van der Waals surface area contributed by atoms with Crippen LogP contribution in [0.1, 0.15) is 31.1 Å². The number of para-hydroxylation sites is 1. The Hall–Kier alpha value is -4.22. The molecule has 2 heterocycles. The summed E-state index contributed by atoms with van der Waals surface area (Å²) in [6.07, 6.45) is 0.943. The minimum atomic E-state index is -1.25. The molecule has 0 aliphatic carbocycles. The van der Waals surface area contributed by atoms with Gasteiger partial charge in [-0.05, 0) is 62.7 Å². The lowest BCUT2D eigenvalue weighted by Gasteiger charge is -2.20. The minimum Gasteiger partial charge on any atom is -0.496 e. The van der Waals surface area contributed by atoms with Crippen LogP contribution in [0.3, 0.4) is 0 Å². The van der Waals surface area contributed by atoms with Crippen LogP contribution >= 0.6 is 0 Å². The Labute approximate surface area is 246 Å². The van der Waals surface area contributed by atoms with E-state index in [0.717, 1.165) is 17.0 Å². The average molecular weight is 591 g/mol. The van der Waals surface area contributed by atoms with Gasteiger partial charge in [0.25, 0.3) is 0 Å². The Kier molecular flexibility index (Phi) is 9.02. The van der Waals surface area contributed by atoms with Crippen molar-refractivity contribution in [3.05, 3.63) is 60.3 Å². The Balaban J connectivity index is 1.75. The molecular weight excluding hydrogens is 552 g/mol. The summed E-state index contributed by atoms with van der Waals surface area (Å²) in [5, 5.41) is 18.1. The molecule has 0 saturated heterocycles. The third-order valence-electron chi connectivity index (χ3n) is 6.38. The first kappa shape index (κ1) is 30.7. The van der Waals surface area contributed by atoms with Crippen LogP contribution in [0.25, 0.3) is 33.4 Å². The van der Waals surface area contributed by atoms with Gasteiger partial charge < -0.3 is 19.3 Å². The Morgan fingerprint density at radius 1 is 1.05 bits per heavy atom. The van der Waals surface area contributed by atoms with Gasteiger partial charge in [0.15, 0.2) is 5.65 Å². The predicted octanol–water partition coefficient (Wildman–Crippen LogP) is 7.13. The highest BCUT2D eigenvalue weighted by molar-refractivity contribution is 6.76. The molecule has 1 amide bonds. The maximum atomic E-state index is 12.3. The second-order valence-corrected chi connectivity index (χ2v) is 17.8. The van der Waals surface area contributed by atoms with Gasteiger partial charge in [-0.2, -0.15) is 5.10 Å². The highest BCUT2D eigenvalue weighted by Gasteiger charge is 2.21. The summed E-state index contributed by atoms with van der Waals surface area (Å²) in [5.74, 6) is -0.519. The molecule has 0 saturated carbocycles. The largest absolute Gasteiger partial charge is 0.496 e. The van der Waals surface area contributed by atoms with Gasteiger partial charge in [0.2, 0.25) is 0 Å². The van der Waals surface area contributed by atoms with E-state index in [1.807, 2.05) is 30.3 Å². The predicted molar refractivity (Wildman–Crippen MR) is 166 cm³/mol. The van der Waals surface area contributed by atoms with Crippen LogP contribution in [-0.2, 0) is 16.2 Å². The molecule has 0 radical (unpaired) electrons. The van der Waals surface area contributed by atoms with Crippen molar-refractivity contribution >= 4 is 36.9 Å².